The summed E-state index contributed by atoms with van der Waals surface area (Å²) in [5.41, 5.74) is 1.36. The molecule has 1 aliphatic carbocycles. The van der Waals surface area contributed by atoms with Crippen molar-refractivity contribution in [2.75, 3.05) is 6.54 Å². The van der Waals surface area contributed by atoms with Crippen LogP contribution >= 0.6 is 0 Å². The molecule has 146 valence electrons. The molecular weight excluding hydrogens is 378 g/mol. The number of carbonyl (C=O) groups is 2. The fourth-order valence-electron chi connectivity index (χ4n) is 3.72. The summed E-state index contributed by atoms with van der Waals surface area (Å²) in [6.45, 7) is 0.223. The fourth-order valence-corrected chi connectivity index (χ4v) is 5.03. The van der Waals surface area contributed by atoms with Gasteiger partial charge in [-0.2, -0.15) is 0 Å². The lowest BCUT2D eigenvalue weighted by Gasteiger charge is -2.14. The Morgan fingerprint density at radius 3 is 2.43 bits per heavy atom. The number of fused-ring (bicyclic) bond motifs is 1. The Morgan fingerprint density at radius 2 is 1.75 bits per heavy atom. The number of pyridine rings is 1. The highest BCUT2D eigenvalue weighted by Gasteiger charge is 2.36. The topological polar surface area (TPSA) is 96.4 Å². The summed E-state index contributed by atoms with van der Waals surface area (Å²) in [6, 6.07) is 9.82. The van der Waals surface area contributed by atoms with Gasteiger partial charge in [0.15, 0.2) is 0 Å². The molecule has 0 radical (unpaired) electrons. The maximum Gasteiger partial charge on any atom is 0.280 e. The number of hydrogen-bond acceptors (Lipinski definition) is 5. The van der Waals surface area contributed by atoms with E-state index in [1.54, 1.807) is 36.4 Å². The van der Waals surface area contributed by atoms with Crippen LogP contribution in [-0.4, -0.2) is 42.7 Å². The minimum Gasteiger partial charge on any atom is -0.273 e. The third-order valence-electron chi connectivity index (χ3n) is 5.27. The number of aromatic nitrogens is 1. The highest BCUT2D eigenvalue weighted by molar-refractivity contribution is 7.89. The van der Waals surface area contributed by atoms with Gasteiger partial charge < -0.3 is 0 Å². The monoisotopic (exact) mass is 399 g/mol. The molecule has 2 aliphatic rings. The van der Waals surface area contributed by atoms with Crippen molar-refractivity contribution in [1.82, 2.24) is 14.6 Å². The molecule has 1 N–H and O–H groups in total. The number of sulfonamides is 1. The molecule has 0 saturated heterocycles. The minimum atomic E-state index is -3.52. The summed E-state index contributed by atoms with van der Waals surface area (Å²) in [5.74, 6) is -0.728. The van der Waals surface area contributed by atoms with Crippen molar-refractivity contribution >= 4 is 21.8 Å². The quantitative estimate of drug-likeness (QED) is 0.751. The van der Waals surface area contributed by atoms with Crippen LogP contribution in [0.15, 0.2) is 47.5 Å². The Labute approximate surface area is 163 Å². The normalized spacial score (nSPS) is 17.4. The molecular formula is C20H21N3O4S. The van der Waals surface area contributed by atoms with Crippen LogP contribution in [0.5, 0.6) is 0 Å². The van der Waals surface area contributed by atoms with Gasteiger partial charge in [-0.1, -0.05) is 25.0 Å². The lowest BCUT2D eigenvalue weighted by atomic mass is 10.1. The maximum absolute atomic E-state index is 12.5. The lowest BCUT2D eigenvalue weighted by molar-refractivity contribution is 0.0654. The summed E-state index contributed by atoms with van der Waals surface area (Å²) < 4.78 is 27.7. The van der Waals surface area contributed by atoms with Crippen LogP contribution in [0.2, 0.25) is 0 Å². The van der Waals surface area contributed by atoms with E-state index in [1.165, 1.54) is 11.1 Å². The van der Waals surface area contributed by atoms with Gasteiger partial charge in [-0.05, 0) is 49.1 Å². The number of rotatable bonds is 6. The summed E-state index contributed by atoms with van der Waals surface area (Å²) in [5, 5.41) is 0. The van der Waals surface area contributed by atoms with Crippen LogP contribution in [-0.2, 0) is 16.4 Å². The first kappa shape index (κ1) is 18.8. The van der Waals surface area contributed by atoms with Gasteiger partial charge in [-0.25, -0.2) is 13.1 Å². The van der Waals surface area contributed by atoms with Gasteiger partial charge in [0.25, 0.3) is 11.8 Å². The number of imide groups is 1. The molecule has 2 aromatic rings. The van der Waals surface area contributed by atoms with Crippen molar-refractivity contribution in [2.45, 2.75) is 43.0 Å². The molecule has 1 saturated carbocycles. The molecule has 1 aromatic heterocycles. The van der Waals surface area contributed by atoms with E-state index in [0.29, 0.717) is 12.0 Å². The second-order valence-electron chi connectivity index (χ2n) is 7.16. The van der Waals surface area contributed by atoms with Crippen LogP contribution in [0, 0.1) is 0 Å². The third kappa shape index (κ3) is 3.57. The molecule has 0 spiro atoms. The van der Waals surface area contributed by atoms with E-state index < -0.39 is 10.0 Å². The minimum absolute atomic E-state index is 0.0205. The van der Waals surface area contributed by atoms with E-state index in [-0.39, 0.29) is 35.0 Å². The molecule has 1 aromatic carbocycles. The van der Waals surface area contributed by atoms with Crippen molar-refractivity contribution in [2.24, 2.45) is 0 Å². The fraction of sp³-hybridized carbons (Fsp3) is 0.350. The SMILES string of the molecule is O=C1c2cccnc2C(=O)N1CCc1ccc(S(=O)(=O)NC2CCCC2)cc1. The molecule has 7 nitrogen and oxygen atoms in total. The number of hydrogen-bond donors (Lipinski definition) is 1. The van der Waals surface area contributed by atoms with E-state index in [2.05, 4.69) is 9.71 Å². The van der Waals surface area contributed by atoms with E-state index in [9.17, 15) is 18.0 Å². The van der Waals surface area contributed by atoms with Crippen molar-refractivity contribution < 1.29 is 18.0 Å². The number of benzene rings is 1. The van der Waals surface area contributed by atoms with Gasteiger partial charge in [0.1, 0.15) is 5.69 Å². The standard InChI is InChI=1S/C20H21N3O4S/c24-19-17-6-3-12-21-18(17)20(25)23(19)13-11-14-7-9-16(10-8-14)28(26,27)22-15-4-1-2-5-15/h3,6-10,12,15,22H,1-2,4-5,11,13H2. The molecule has 28 heavy (non-hydrogen) atoms. The number of carbonyl (C=O) groups excluding carboxylic acids is 2. The molecule has 1 fully saturated rings. The zero-order valence-electron chi connectivity index (χ0n) is 15.3. The van der Waals surface area contributed by atoms with Crippen molar-refractivity contribution in [3.05, 3.63) is 59.4 Å². The van der Waals surface area contributed by atoms with Gasteiger partial charge in [0.05, 0.1) is 10.5 Å². The smallest absolute Gasteiger partial charge is 0.273 e. The zero-order valence-corrected chi connectivity index (χ0v) is 16.1. The predicted octanol–water partition coefficient (Wildman–Crippen LogP) is 2.14. The van der Waals surface area contributed by atoms with Crippen LogP contribution in [0.3, 0.4) is 0 Å². The average Bonchev–Trinajstić information content (AvgIpc) is 3.28. The number of nitrogens with zero attached hydrogens (tertiary/aromatic N) is 2. The van der Waals surface area contributed by atoms with E-state index in [0.717, 1.165) is 31.2 Å². The zero-order chi connectivity index (χ0) is 19.7. The van der Waals surface area contributed by atoms with Crippen molar-refractivity contribution in [3.63, 3.8) is 0 Å². The van der Waals surface area contributed by atoms with Crippen molar-refractivity contribution in [1.29, 1.82) is 0 Å². The first-order chi connectivity index (χ1) is 13.5. The highest BCUT2D eigenvalue weighted by atomic mass is 32.2. The van der Waals surface area contributed by atoms with Crippen molar-refractivity contribution in [3.8, 4) is 0 Å². The summed E-state index contributed by atoms with van der Waals surface area (Å²) in [7, 11) is -3.52. The van der Waals surface area contributed by atoms with Gasteiger partial charge in [0.2, 0.25) is 10.0 Å². The Balaban J connectivity index is 1.40. The summed E-state index contributed by atoms with van der Waals surface area (Å²) in [4.78, 5) is 30.1. The van der Waals surface area contributed by atoms with Gasteiger partial charge >= 0.3 is 0 Å². The van der Waals surface area contributed by atoms with Crippen LogP contribution in [0.4, 0.5) is 0 Å². The largest absolute Gasteiger partial charge is 0.280 e. The van der Waals surface area contributed by atoms with Crippen LogP contribution in [0.25, 0.3) is 0 Å². The first-order valence-electron chi connectivity index (χ1n) is 9.38. The van der Waals surface area contributed by atoms with Crippen LogP contribution < -0.4 is 4.72 Å². The molecule has 0 unspecified atom stereocenters. The Kier molecular flexibility index (Phi) is 4.99. The summed E-state index contributed by atoms with van der Waals surface area (Å²) >= 11 is 0. The van der Waals surface area contributed by atoms with Gasteiger partial charge in [-0.3, -0.25) is 19.5 Å². The predicted molar refractivity (Wildman–Crippen MR) is 102 cm³/mol. The van der Waals surface area contributed by atoms with E-state index in [4.69, 9.17) is 0 Å². The van der Waals surface area contributed by atoms with Crippen LogP contribution in [0.1, 0.15) is 52.1 Å². The Hall–Kier alpha value is -2.58. The second-order valence-corrected chi connectivity index (χ2v) is 8.87. The molecule has 4 rings (SSSR count). The second kappa shape index (κ2) is 7.44. The van der Waals surface area contributed by atoms with Gasteiger partial charge in [0, 0.05) is 18.8 Å². The molecule has 0 atom stereocenters. The highest BCUT2D eigenvalue weighted by Crippen LogP contribution is 2.22. The summed E-state index contributed by atoms with van der Waals surface area (Å²) in [6.07, 6.45) is 5.81. The molecule has 2 heterocycles. The molecule has 1 aliphatic heterocycles. The molecule has 0 bridgehead atoms. The number of nitrogens with one attached hydrogen (secondary N) is 1. The third-order valence-corrected chi connectivity index (χ3v) is 6.80. The average molecular weight is 399 g/mol. The maximum atomic E-state index is 12.5. The Bertz CT molecular complexity index is 977. The van der Waals surface area contributed by atoms with E-state index in [1.807, 2.05) is 0 Å². The van der Waals surface area contributed by atoms with Gasteiger partial charge in [-0.15, -0.1) is 0 Å². The Morgan fingerprint density at radius 1 is 1.04 bits per heavy atom. The molecule has 8 heteroatoms. The lowest BCUT2D eigenvalue weighted by Crippen LogP contribution is -2.32. The van der Waals surface area contributed by atoms with E-state index >= 15 is 0 Å². The molecule has 2 amide bonds. The first-order valence-corrected chi connectivity index (χ1v) is 10.9. The number of amides is 2.